The van der Waals surface area contributed by atoms with Gasteiger partial charge >= 0.3 is 5.97 Å². The quantitative estimate of drug-likeness (QED) is 0.584. The summed E-state index contributed by atoms with van der Waals surface area (Å²) in [4.78, 5) is 20.8. The molecule has 0 amide bonds. The lowest BCUT2D eigenvalue weighted by molar-refractivity contribution is 0.0686. The van der Waals surface area contributed by atoms with E-state index in [4.69, 9.17) is 0 Å². The molecule has 0 aliphatic heterocycles. The monoisotopic (exact) mass is 353 g/mol. The first-order chi connectivity index (χ1) is 12.4. The molecule has 0 saturated heterocycles. The summed E-state index contributed by atoms with van der Waals surface area (Å²) in [7, 11) is 3.75. The van der Waals surface area contributed by atoms with Crippen molar-refractivity contribution in [1.82, 2.24) is 28.9 Å². The highest BCUT2D eigenvalue weighted by molar-refractivity contribution is 6.09. The third-order valence-corrected chi connectivity index (χ3v) is 4.60. The Morgan fingerprint density at radius 2 is 2.08 bits per heavy atom. The van der Waals surface area contributed by atoms with E-state index in [-0.39, 0.29) is 5.69 Å². The number of anilines is 2. The first kappa shape index (κ1) is 16.1. The molecule has 0 bridgehead atoms. The van der Waals surface area contributed by atoms with Crippen molar-refractivity contribution in [3.05, 3.63) is 29.8 Å². The van der Waals surface area contributed by atoms with Crippen molar-refractivity contribution >= 4 is 39.7 Å². The largest absolute Gasteiger partial charge is 0.477 e. The van der Waals surface area contributed by atoms with Gasteiger partial charge in [-0.2, -0.15) is 5.10 Å². The molecular weight excluding hydrogens is 334 g/mol. The van der Waals surface area contributed by atoms with E-state index >= 15 is 0 Å². The Morgan fingerprint density at radius 1 is 1.31 bits per heavy atom. The highest BCUT2D eigenvalue weighted by Crippen LogP contribution is 2.32. The number of hydrogen-bond donors (Lipinski definition) is 2. The summed E-state index contributed by atoms with van der Waals surface area (Å²) in [5.74, 6) is 0.239. The zero-order chi connectivity index (χ0) is 18.6. The number of hydrogen-bond acceptors (Lipinski definition) is 5. The van der Waals surface area contributed by atoms with Crippen LogP contribution in [0.4, 0.5) is 11.6 Å². The van der Waals surface area contributed by atoms with Gasteiger partial charge in [-0.3, -0.25) is 4.68 Å². The van der Waals surface area contributed by atoms with Crippen LogP contribution in [-0.2, 0) is 20.6 Å². The first-order valence-electron chi connectivity index (χ1n) is 8.26. The second kappa shape index (κ2) is 5.58. The van der Waals surface area contributed by atoms with E-state index in [1.54, 1.807) is 21.6 Å². The van der Waals surface area contributed by atoms with E-state index in [1.807, 2.05) is 38.6 Å². The minimum Gasteiger partial charge on any atom is -0.477 e. The number of carboxylic acid groups (broad SMARTS) is 1. The summed E-state index contributed by atoms with van der Waals surface area (Å²) < 4.78 is 5.34. The van der Waals surface area contributed by atoms with Gasteiger partial charge in [-0.05, 0) is 19.9 Å². The third kappa shape index (κ3) is 2.24. The average Bonchev–Trinajstić information content (AvgIpc) is 3.23. The molecule has 4 heterocycles. The van der Waals surface area contributed by atoms with Crippen molar-refractivity contribution in [2.24, 2.45) is 14.1 Å². The van der Waals surface area contributed by atoms with Gasteiger partial charge in [0.05, 0.1) is 11.8 Å². The number of fused-ring (bicyclic) bond motifs is 3. The zero-order valence-corrected chi connectivity index (χ0v) is 15.0. The minimum atomic E-state index is -0.977. The Hall–Kier alpha value is -3.36. The predicted octanol–water partition coefficient (Wildman–Crippen LogP) is 2.43. The Morgan fingerprint density at radius 3 is 2.69 bits per heavy atom. The molecule has 0 radical (unpaired) electrons. The molecule has 0 aromatic carbocycles. The maximum absolute atomic E-state index is 11.6. The lowest BCUT2D eigenvalue weighted by atomic mass is 10.2. The average molecular weight is 353 g/mol. The molecule has 0 fully saturated rings. The van der Waals surface area contributed by atoms with Crippen LogP contribution in [0.15, 0.2) is 18.5 Å². The highest BCUT2D eigenvalue weighted by atomic mass is 16.4. The van der Waals surface area contributed by atoms with Crippen LogP contribution in [0.5, 0.6) is 0 Å². The molecule has 9 nitrogen and oxygen atoms in total. The van der Waals surface area contributed by atoms with Crippen LogP contribution < -0.4 is 5.32 Å². The van der Waals surface area contributed by atoms with E-state index in [2.05, 4.69) is 20.4 Å². The molecule has 0 aliphatic carbocycles. The molecule has 0 aliphatic rings. The minimum absolute atomic E-state index is 0.211. The molecular formula is C17H19N7O2. The summed E-state index contributed by atoms with van der Waals surface area (Å²) in [5, 5.41) is 17.9. The number of pyridine rings is 1. The lowest BCUT2D eigenvalue weighted by Gasteiger charge is -2.08. The van der Waals surface area contributed by atoms with Gasteiger partial charge in [0.1, 0.15) is 16.9 Å². The molecule has 4 aromatic rings. The van der Waals surface area contributed by atoms with Gasteiger partial charge < -0.3 is 19.6 Å². The lowest BCUT2D eigenvalue weighted by Crippen LogP contribution is -2.08. The van der Waals surface area contributed by atoms with Crippen LogP contribution in [0.25, 0.3) is 22.1 Å². The van der Waals surface area contributed by atoms with Gasteiger partial charge in [0.25, 0.3) is 0 Å². The fraction of sp³-hybridized carbons (Fsp3) is 0.294. The number of carboxylic acids is 1. The zero-order valence-electron chi connectivity index (χ0n) is 15.0. The van der Waals surface area contributed by atoms with E-state index in [9.17, 15) is 9.90 Å². The molecule has 0 spiro atoms. The summed E-state index contributed by atoms with van der Waals surface area (Å²) in [6, 6.07) is 3.58. The van der Waals surface area contributed by atoms with E-state index < -0.39 is 5.97 Å². The molecule has 9 heteroatoms. The Bertz CT molecular complexity index is 1150. The number of aromatic nitrogens is 6. The summed E-state index contributed by atoms with van der Waals surface area (Å²) >= 11 is 0. The van der Waals surface area contributed by atoms with E-state index in [1.165, 1.54) is 0 Å². The highest BCUT2D eigenvalue weighted by Gasteiger charge is 2.21. The van der Waals surface area contributed by atoms with Crippen molar-refractivity contribution in [3.63, 3.8) is 0 Å². The first-order valence-corrected chi connectivity index (χ1v) is 8.26. The fourth-order valence-corrected chi connectivity index (χ4v) is 3.24. The van der Waals surface area contributed by atoms with Gasteiger partial charge in [-0.15, -0.1) is 0 Å². The summed E-state index contributed by atoms with van der Waals surface area (Å²) in [6.07, 6.45) is 1.70. The molecule has 4 rings (SSSR count). The van der Waals surface area contributed by atoms with Crippen LogP contribution in [0.1, 0.15) is 23.1 Å². The maximum Gasteiger partial charge on any atom is 0.352 e. The SMILES string of the molecule is CCn1c(C(=O)O)cc2c3c(ncn3C)c(Nc3cc(C)n(C)n3)nc21. The van der Waals surface area contributed by atoms with Crippen molar-refractivity contribution in [1.29, 1.82) is 0 Å². The van der Waals surface area contributed by atoms with E-state index in [0.29, 0.717) is 29.3 Å². The number of imidazole rings is 1. The summed E-state index contributed by atoms with van der Waals surface area (Å²) in [6.45, 7) is 4.37. The topological polar surface area (TPSA) is 103 Å². The van der Waals surface area contributed by atoms with E-state index in [0.717, 1.165) is 16.6 Å². The van der Waals surface area contributed by atoms with Gasteiger partial charge in [0.2, 0.25) is 0 Å². The second-order valence-corrected chi connectivity index (χ2v) is 6.25. The van der Waals surface area contributed by atoms with Crippen molar-refractivity contribution in [2.75, 3.05) is 5.32 Å². The van der Waals surface area contributed by atoms with Gasteiger partial charge in [-0.1, -0.05) is 0 Å². The van der Waals surface area contributed by atoms with Crippen LogP contribution in [0, 0.1) is 6.92 Å². The number of nitrogens with zero attached hydrogens (tertiary/aromatic N) is 6. The van der Waals surface area contributed by atoms with Crippen LogP contribution >= 0.6 is 0 Å². The maximum atomic E-state index is 11.6. The number of carbonyl (C=O) groups is 1. The van der Waals surface area contributed by atoms with Crippen LogP contribution in [0.2, 0.25) is 0 Å². The van der Waals surface area contributed by atoms with Crippen molar-refractivity contribution in [3.8, 4) is 0 Å². The van der Waals surface area contributed by atoms with Crippen molar-refractivity contribution < 1.29 is 9.90 Å². The van der Waals surface area contributed by atoms with Gasteiger partial charge in [0.15, 0.2) is 11.6 Å². The van der Waals surface area contributed by atoms with Crippen molar-refractivity contribution in [2.45, 2.75) is 20.4 Å². The summed E-state index contributed by atoms with van der Waals surface area (Å²) in [5.41, 5.74) is 3.34. The number of aromatic carboxylic acids is 1. The Labute approximate surface area is 148 Å². The predicted molar refractivity (Wildman–Crippen MR) is 97.9 cm³/mol. The number of rotatable bonds is 4. The second-order valence-electron chi connectivity index (χ2n) is 6.25. The Kier molecular flexibility index (Phi) is 3.46. The Balaban J connectivity index is 2.01. The molecule has 0 saturated carbocycles. The number of nitrogens with one attached hydrogen (secondary N) is 1. The molecule has 0 atom stereocenters. The third-order valence-electron chi connectivity index (χ3n) is 4.60. The molecule has 0 unspecified atom stereocenters. The van der Waals surface area contributed by atoms with Gasteiger partial charge in [-0.25, -0.2) is 14.8 Å². The van der Waals surface area contributed by atoms with Gasteiger partial charge in [0, 0.05) is 37.8 Å². The normalized spacial score (nSPS) is 11.5. The molecule has 2 N–H and O–H groups in total. The molecule has 26 heavy (non-hydrogen) atoms. The molecule has 134 valence electrons. The molecule has 4 aromatic heterocycles. The fourth-order valence-electron chi connectivity index (χ4n) is 3.24. The smallest absolute Gasteiger partial charge is 0.352 e. The van der Waals surface area contributed by atoms with Crippen LogP contribution in [-0.4, -0.2) is 40.0 Å². The number of aryl methyl sites for hydroxylation is 4. The van der Waals surface area contributed by atoms with Crippen LogP contribution in [0.3, 0.4) is 0 Å². The standard InChI is InChI=1S/C17H19N7O2/c1-5-24-11(17(25)26)7-10-14-13(18-8-22(14)3)15(20-16(10)24)19-12-6-9(2)23(4)21-12/h6-8H,5H2,1-4H3,(H,25,26)(H,19,20,21).